The average molecular weight is 330 g/mol. The molecule has 2 N–H and O–H groups in total. The van der Waals surface area contributed by atoms with Crippen LogP contribution in [0.25, 0.3) is 0 Å². The minimum absolute atomic E-state index is 0.212. The maximum absolute atomic E-state index is 12.1. The van der Waals surface area contributed by atoms with Gasteiger partial charge in [-0.25, -0.2) is 9.97 Å². The lowest BCUT2D eigenvalue weighted by atomic mass is 10.2. The van der Waals surface area contributed by atoms with Crippen LogP contribution < -0.4 is 20.1 Å². The third-order valence-corrected chi connectivity index (χ3v) is 3.36. The fourth-order valence-electron chi connectivity index (χ4n) is 2.04. The number of hydrogen-bond acceptors (Lipinski definition) is 6. The number of amides is 1. The third kappa shape index (κ3) is 4.58. The molecule has 0 saturated carbocycles. The molecule has 1 heterocycles. The van der Waals surface area contributed by atoms with Gasteiger partial charge in [0.05, 0.1) is 19.9 Å². The highest BCUT2D eigenvalue weighted by Crippen LogP contribution is 2.30. The lowest BCUT2D eigenvalue weighted by Gasteiger charge is -2.12. The first-order valence-corrected chi connectivity index (χ1v) is 7.78. The highest BCUT2D eigenvalue weighted by atomic mass is 16.5. The maximum Gasteiger partial charge on any atom is 0.270 e. The van der Waals surface area contributed by atoms with Gasteiger partial charge in [0.25, 0.3) is 5.91 Å². The lowest BCUT2D eigenvalue weighted by Crippen LogP contribution is -2.25. The first-order chi connectivity index (χ1) is 11.7. The Labute approximate surface area is 141 Å². The zero-order valence-electron chi connectivity index (χ0n) is 14.1. The number of unbranched alkanes of at least 4 members (excludes halogenated alkanes) is 1. The predicted octanol–water partition coefficient (Wildman–Crippen LogP) is 2.77. The SMILES string of the molecule is CCCCNC(=O)c1ccnc(Nc2ccc(OC)cc2OC)n1. The molecule has 0 aliphatic rings. The van der Waals surface area contributed by atoms with Crippen molar-refractivity contribution < 1.29 is 14.3 Å². The van der Waals surface area contributed by atoms with Crippen molar-refractivity contribution in [3.63, 3.8) is 0 Å². The van der Waals surface area contributed by atoms with Crippen LogP contribution in [0.4, 0.5) is 11.6 Å². The van der Waals surface area contributed by atoms with E-state index in [-0.39, 0.29) is 5.91 Å². The van der Waals surface area contributed by atoms with Gasteiger partial charge in [0, 0.05) is 18.8 Å². The van der Waals surface area contributed by atoms with Gasteiger partial charge in [-0.15, -0.1) is 0 Å². The number of aromatic nitrogens is 2. The number of ether oxygens (including phenoxy) is 2. The molecule has 0 radical (unpaired) electrons. The van der Waals surface area contributed by atoms with Gasteiger partial charge in [-0.3, -0.25) is 4.79 Å². The van der Waals surface area contributed by atoms with E-state index in [1.165, 1.54) is 0 Å². The summed E-state index contributed by atoms with van der Waals surface area (Å²) in [6, 6.07) is 6.93. The second-order valence-corrected chi connectivity index (χ2v) is 5.07. The van der Waals surface area contributed by atoms with E-state index < -0.39 is 0 Å². The quantitative estimate of drug-likeness (QED) is 0.724. The Kier molecular flexibility index (Phi) is 6.36. The van der Waals surface area contributed by atoms with Crippen LogP contribution in [-0.4, -0.2) is 36.6 Å². The number of nitrogens with one attached hydrogen (secondary N) is 2. The van der Waals surface area contributed by atoms with E-state index in [2.05, 4.69) is 27.5 Å². The first-order valence-electron chi connectivity index (χ1n) is 7.78. The standard InChI is InChI=1S/C17H22N4O3/c1-4-5-9-18-16(22)14-8-10-19-17(21-14)20-13-7-6-12(23-2)11-15(13)24-3/h6-8,10-11H,4-5,9H2,1-3H3,(H,18,22)(H,19,20,21). The van der Waals surface area contributed by atoms with Crippen molar-refractivity contribution in [1.82, 2.24) is 15.3 Å². The van der Waals surface area contributed by atoms with Crippen LogP contribution in [0.1, 0.15) is 30.3 Å². The molecule has 0 spiro atoms. The van der Waals surface area contributed by atoms with Gasteiger partial charge in [-0.05, 0) is 24.6 Å². The summed E-state index contributed by atoms with van der Waals surface area (Å²) in [6.45, 7) is 2.70. The van der Waals surface area contributed by atoms with Gasteiger partial charge in [0.1, 0.15) is 17.2 Å². The zero-order chi connectivity index (χ0) is 17.4. The van der Waals surface area contributed by atoms with Crippen molar-refractivity contribution in [2.75, 3.05) is 26.1 Å². The number of hydrogen-bond donors (Lipinski definition) is 2. The number of anilines is 2. The maximum atomic E-state index is 12.1. The Bertz CT molecular complexity index is 691. The molecule has 1 aromatic heterocycles. The molecule has 0 atom stereocenters. The first kappa shape index (κ1) is 17.5. The van der Waals surface area contributed by atoms with E-state index in [4.69, 9.17) is 9.47 Å². The Balaban J connectivity index is 2.13. The molecule has 24 heavy (non-hydrogen) atoms. The van der Waals surface area contributed by atoms with Crippen molar-refractivity contribution in [3.8, 4) is 11.5 Å². The Morgan fingerprint density at radius 3 is 2.75 bits per heavy atom. The minimum Gasteiger partial charge on any atom is -0.497 e. The highest BCUT2D eigenvalue weighted by molar-refractivity contribution is 5.92. The molecule has 0 saturated heterocycles. The fraction of sp³-hybridized carbons (Fsp3) is 0.353. The van der Waals surface area contributed by atoms with Crippen molar-refractivity contribution >= 4 is 17.5 Å². The van der Waals surface area contributed by atoms with Gasteiger partial charge < -0.3 is 20.1 Å². The van der Waals surface area contributed by atoms with Crippen LogP contribution in [0.3, 0.4) is 0 Å². The van der Waals surface area contributed by atoms with E-state index in [0.29, 0.717) is 35.4 Å². The Morgan fingerprint density at radius 1 is 1.21 bits per heavy atom. The molecule has 1 amide bonds. The summed E-state index contributed by atoms with van der Waals surface area (Å²) in [4.78, 5) is 20.4. The molecule has 1 aromatic carbocycles. The molecule has 128 valence electrons. The molecule has 0 aliphatic carbocycles. The number of rotatable bonds is 8. The molecule has 7 nitrogen and oxygen atoms in total. The summed E-state index contributed by atoms with van der Waals surface area (Å²) >= 11 is 0. The number of benzene rings is 1. The number of methoxy groups -OCH3 is 2. The summed E-state index contributed by atoms with van der Waals surface area (Å²) < 4.78 is 10.5. The summed E-state index contributed by atoms with van der Waals surface area (Å²) in [7, 11) is 3.16. The summed E-state index contributed by atoms with van der Waals surface area (Å²) in [6.07, 6.45) is 3.50. The molecular formula is C17H22N4O3. The van der Waals surface area contributed by atoms with Crippen LogP contribution in [0.5, 0.6) is 11.5 Å². The molecule has 0 fully saturated rings. The van der Waals surface area contributed by atoms with Crippen molar-refractivity contribution in [1.29, 1.82) is 0 Å². The number of carbonyl (C=O) groups excluding carboxylic acids is 1. The number of nitrogens with zero attached hydrogens (tertiary/aromatic N) is 2. The monoisotopic (exact) mass is 330 g/mol. The van der Waals surface area contributed by atoms with Crippen molar-refractivity contribution in [2.24, 2.45) is 0 Å². The van der Waals surface area contributed by atoms with E-state index in [0.717, 1.165) is 12.8 Å². The van der Waals surface area contributed by atoms with Crippen LogP contribution in [0.15, 0.2) is 30.5 Å². The second kappa shape index (κ2) is 8.71. The van der Waals surface area contributed by atoms with Crippen LogP contribution in [-0.2, 0) is 0 Å². The molecule has 0 unspecified atom stereocenters. The zero-order valence-corrected chi connectivity index (χ0v) is 14.1. The van der Waals surface area contributed by atoms with Gasteiger partial charge in [-0.2, -0.15) is 0 Å². The lowest BCUT2D eigenvalue weighted by molar-refractivity contribution is 0.0948. The van der Waals surface area contributed by atoms with Crippen molar-refractivity contribution in [2.45, 2.75) is 19.8 Å². The largest absolute Gasteiger partial charge is 0.497 e. The fourth-order valence-corrected chi connectivity index (χ4v) is 2.04. The van der Waals surface area contributed by atoms with Crippen molar-refractivity contribution in [3.05, 3.63) is 36.2 Å². The van der Waals surface area contributed by atoms with Crippen LogP contribution >= 0.6 is 0 Å². The minimum atomic E-state index is -0.212. The molecular weight excluding hydrogens is 308 g/mol. The number of carbonyl (C=O) groups is 1. The molecule has 0 bridgehead atoms. The topological polar surface area (TPSA) is 85.4 Å². The summed E-state index contributed by atoms with van der Waals surface area (Å²) in [5, 5.41) is 5.88. The van der Waals surface area contributed by atoms with Crippen LogP contribution in [0, 0.1) is 0 Å². The summed E-state index contributed by atoms with van der Waals surface area (Å²) in [5.41, 5.74) is 0.998. The normalized spacial score (nSPS) is 10.1. The highest BCUT2D eigenvalue weighted by Gasteiger charge is 2.10. The van der Waals surface area contributed by atoms with Gasteiger partial charge in [-0.1, -0.05) is 13.3 Å². The van der Waals surface area contributed by atoms with E-state index in [9.17, 15) is 4.79 Å². The summed E-state index contributed by atoms with van der Waals surface area (Å²) in [5.74, 6) is 1.38. The smallest absolute Gasteiger partial charge is 0.270 e. The molecule has 2 aromatic rings. The molecule has 0 aliphatic heterocycles. The van der Waals surface area contributed by atoms with E-state index in [1.807, 2.05) is 0 Å². The Hall–Kier alpha value is -2.83. The van der Waals surface area contributed by atoms with E-state index >= 15 is 0 Å². The molecule has 7 heteroatoms. The van der Waals surface area contributed by atoms with Gasteiger partial charge in [0.2, 0.25) is 5.95 Å². The van der Waals surface area contributed by atoms with E-state index in [1.54, 1.807) is 44.7 Å². The molecule has 2 rings (SSSR count). The third-order valence-electron chi connectivity index (χ3n) is 3.36. The average Bonchev–Trinajstić information content (AvgIpc) is 2.62. The van der Waals surface area contributed by atoms with Gasteiger partial charge >= 0.3 is 0 Å². The van der Waals surface area contributed by atoms with Gasteiger partial charge in [0.15, 0.2) is 0 Å². The Morgan fingerprint density at radius 2 is 2.04 bits per heavy atom. The van der Waals surface area contributed by atoms with Crippen LogP contribution in [0.2, 0.25) is 0 Å². The predicted molar refractivity (Wildman–Crippen MR) is 92.1 cm³/mol. The second-order valence-electron chi connectivity index (χ2n) is 5.07.